The van der Waals surface area contributed by atoms with Crippen molar-refractivity contribution in [3.05, 3.63) is 57.6 Å². The van der Waals surface area contributed by atoms with E-state index in [2.05, 4.69) is 21.2 Å². The van der Waals surface area contributed by atoms with Gasteiger partial charge in [0.1, 0.15) is 0 Å². The highest BCUT2D eigenvalue weighted by Crippen LogP contribution is 2.23. The SMILES string of the molecule is Cc1ccc(C(=O)Nc2ccc(N)cc2C(=O)O)c(Br)c1. The van der Waals surface area contributed by atoms with E-state index in [9.17, 15) is 9.59 Å². The van der Waals surface area contributed by atoms with Crippen molar-refractivity contribution >= 4 is 39.2 Å². The fourth-order valence-electron chi connectivity index (χ4n) is 1.84. The van der Waals surface area contributed by atoms with Crippen LogP contribution >= 0.6 is 15.9 Å². The summed E-state index contributed by atoms with van der Waals surface area (Å²) in [6.07, 6.45) is 0. The first kappa shape index (κ1) is 15.1. The molecule has 0 radical (unpaired) electrons. The molecule has 0 aliphatic carbocycles. The quantitative estimate of drug-likeness (QED) is 0.742. The molecule has 0 spiro atoms. The average Bonchev–Trinajstić information content (AvgIpc) is 2.40. The number of halogens is 1. The summed E-state index contributed by atoms with van der Waals surface area (Å²) in [5.41, 5.74) is 7.48. The van der Waals surface area contributed by atoms with Crippen LogP contribution < -0.4 is 11.1 Å². The lowest BCUT2D eigenvalue weighted by Crippen LogP contribution is -2.15. The van der Waals surface area contributed by atoms with Gasteiger partial charge in [-0.05, 0) is 58.7 Å². The number of anilines is 2. The smallest absolute Gasteiger partial charge is 0.337 e. The van der Waals surface area contributed by atoms with Gasteiger partial charge in [0.25, 0.3) is 5.91 Å². The molecule has 0 heterocycles. The summed E-state index contributed by atoms with van der Waals surface area (Å²) in [5.74, 6) is -1.55. The van der Waals surface area contributed by atoms with Crippen molar-refractivity contribution < 1.29 is 14.7 Å². The van der Waals surface area contributed by atoms with E-state index in [-0.39, 0.29) is 11.3 Å². The standard InChI is InChI=1S/C15H13BrN2O3/c1-8-2-4-10(12(16)6-8)14(19)18-13-5-3-9(17)7-11(13)15(20)21/h2-7H,17H2,1H3,(H,18,19)(H,20,21). The Labute approximate surface area is 129 Å². The van der Waals surface area contributed by atoms with Gasteiger partial charge in [-0.3, -0.25) is 4.79 Å². The van der Waals surface area contributed by atoms with Gasteiger partial charge in [0.05, 0.1) is 16.8 Å². The topological polar surface area (TPSA) is 92.4 Å². The van der Waals surface area contributed by atoms with E-state index >= 15 is 0 Å². The van der Waals surface area contributed by atoms with Crippen molar-refractivity contribution in [2.24, 2.45) is 0 Å². The number of hydrogen-bond donors (Lipinski definition) is 3. The molecule has 5 nitrogen and oxygen atoms in total. The molecule has 2 aromatic rings. The van der Waals surface area contributed by atoms with Gasteiger partial charge in [0.2, 0.25) is 0 Å². The fourth-order valence-corrected chi connectivity index (χ4v) is 2.52. The molecule has 2 aromatic carbocycles. The van der Waals surface area contributed by atoms with E-state index in [1.54, 1.807) is 12.1 Å². The van der Waals surface area contributed by atoms with E-state index in [4.69, 9.17) is 10.8 Å². The van der Waals surface area contributed by atoms with Crippen LogP contribution in [0.1, 0.15) is 26.3 Å². The molecule has 0 unspecified atom stereocenters. The third-order valence-corrected chi connectivity index (χ3v) is 3.55. The van der Waals surface area contributed by atoms with Crippen LogP contribution in [0.4, 0.5) is 11.4 Å². The fraction of sp³-hybridized carbons (Fsp3) is 0.0667. The number of hydrogen-bond acceptors (Lipinski definition) is 3. The maximum atomic E-state index is 12.2. The van der Waals surface area contributed by atoms with Gasteiger partial charge in [-0.1, -0.05) is 6.07 Å². The van der Waals surface area contributed by atoms with E-state index in [1.807, 2.05) is 13.0 Å². The van der Waals surface area contributed by atoms with Crippen molar-refractivity contribution in [3.8, 4) is 0 Å². The summed E-state index contributed by atoms with van der Waals surface area (Å²) in [6, 6.07) is 9.61. The minimum Gasteiger partial charge on any atom is -0.478 e. The van der Waals surface area contributed by atoms with Crippen LogP contribution in [-0.2, 0) is 0 Å². The van der Waals surface area contributed by atoms with Crippen molar-refractivity contribution in [1.82, 2.24) is 0 Å². The highest BCUT2D eigenvalue weighted by molar-refractivity contribution is 9.10. The highest BCUT2D eigenvalue weighted by Gasteiger charge is 2.15. The molecular weight excluding hydrogens is 336 g/mol. The number of nitrogens with one attached hydrogen (secondary N) is 1. The summed E-state index contributed by atoms with van der Waals surface area (Å²) in [6.45, 7) is 1.91. The minimum absolute atomic E-state index is 0.0495. The van der Waals surface area contributed by atoms with E-state index in [1.165, 1.54) is 18.2 Å². The van der Waals surface area contributed by atoms with Crippen LogP contribution in [-0.4, -0.2) is 17.0 Å². The number of carboxylic acids is 1. The molecule has 2 rings (SSSR count). The van der Waals surface area contributed by atoms with Gasteiger partial charge in [-0.15, -0.1) is 0 Å². The zero-order valence-electron chi connectivity index (χ0n) is 11.2. The normalized spacial score (nSPS) is 10.2. The lowest BCUT2D eigenvalue weighted by molar-refractivity contribution is 0.0698. The van der Waals surface area contributed by atoms with Crippen LogP contribution in [0.5, 0.6) is 0 Å². The summed E-state index contributed by atoms with van der Waals surface area (Å²) >= 11 is 3.32. The first-order valence-electron chi connectivity index (χ1n) is 6.09. The maximum Gasteiger partial charge on any atom is 0.337 e. The number of rotatable bonds is 3. The van der Waals surface area contributed by atoms with Crippen molar-refractivity contribution in [2.45, 2.75) is 6.92 Å². The van der Waals surface area contributed by atoms with Gasteiger partial charge in [-0.2, -0.15) is 0 Å². The number of nitrogens with two attached hydrogens (primary N) is 1. The largest absolute Gasteiger partial charge is 0.478 e. The van der Waals surface area contributed by atoms with E-state index < -0.39 is 11.9 Å². The molecule has 0 aliphatic heterocycles. The zero-order valence-corrected chi connectivity index (χ0v) is 12.8. The molecule has 0 aromatic heterocycles. The molecular formula is C15H13BrN2O3. The first-order chi connectivity index (χ1) is 9.88. The first-order valence-corrected chi connectivity index (χ1v) is 6.88. The third-order valence-electron chi connectivity index (χ3n) is 2.89. The van der Waals surface area contributed by atoms with Crippen molar-refractivity contribution in [2.75, 3.05) is 11.1 Å². The number of carbonyl (C=O) groups is 2. The van der Waals surface area contributed by atoms with Crippen LogP contribution in [0.2, 0.25) is 0 Å². The summed E-state index contributed by atoms with van der Waals surface area (Å²) < 4.78 is 0.646. The van der Waals surface area contributed by atoms with Crippen LogP contribution in [0.3, 0.4) is 0 Å². The number of aromatic carboxylic acids is 1. The lowest BCUT2D eigenvalue weighted by Gasteiger charge is -2.10. The second-order valence-corrected chi connectivity index (χ2v) is 5.40. The van der Waals surface area contributed by atoms with Crippen LogP contribution in [0.15, 0.2) is 40.9 Å². The number of benzene rings is 2. The van der Waals surface area contributed by atoms with Gasteiger partial charge >= 0.3 is 5.97 Å². The predicted molar refractivity (Wildman–Crippen MR) is 84.6 cm³/mol. The van der Waals surface area contributed by atoms with Gasteiger partial charge in [-0.25, -0.2) is 4.79 Å². The molecule has 0 bridgehead atoms. The molecule has 0 atom stereocenters. The van der Waals surface area contributed by atoms with E-state index in [0.29, 0.717) is 15.7 Å². The van der Waals surface area contributed by atoms with Crippen molar-refractivity contribution in [1.29, 1.82) is 0 Å². The molecule has 6 heteroatoms. The Kier molecular flexibility index (Phi) is 4.28. The molecule has 1 amide bonds. The number of carbonyl (C=O) groups excluding carboxylic acids is 1. The molecule has 4 N–H and O–H groups in total. The van der Waals surface area contributed by atoms with Crippen molar-refractivity contribution in [3.63, 3.8) is 0 Å². The average molecular weight is 349 g/mol. The Hall–Kier alpha value is -2.34. The number of amides is 1. The van der Waals surface area contributed by atoms with Gasteiger partial charge in [0, 0.05) is 10.2 Å². The molecule has 21 heavy (non-hydrogen) atoms. The summed E-state index contributed by atoms with van der Waals surface area (Å²) in [5, 5.41) is 11.7. The summed E-state index contributed by atoms with van der Waals surface area (Å²) in [7, 11) is 0. The third kappa shape index (κ3) is 3.41. The Balaban J connectivity index is 2.34. The molecule has 0 saturated heterocycles. The highest BCUT2D eigenvalue weighted by atomic mass is 79.9. The van der Waals surface area contributed by atoms with Crippen LogP contribution in [0.25, 0.3) is 0 Å². The summed E-state index contributed by atoms with van der Waals surface area (Å²) in [4.78, 5) is 23.4. The minimum atomic E-state index is -1.15. The zero-order chi connectivity index (χ0) is 15.6. The second-order valence-electron chi connectivity index (χ2n) is 4.55. The maximum absolute atomic E-state index is 12.2. The predicted octanol–water partition coefficient (Wildman–Crippen LogP) is 3.29. The van der Waals surface area contributed by atoms with Gasteiger partial charge < -0.3 is 16.2 Å². The number of nitrogen functional groups attached to an aromatic ring is 1. The number of carboxylic acid groups (broad SMARTS) is 1. The molecule has 0 saturated carbocycles. The molecule has 0 fully saturated rings. The Morgan fingerprint density at radius 2 is 1.86 bits per heavy atom. The lowest BCUT2D eigenvalue weighted by atomic mass is 10.1. The monoisotopic (exact) mass is 348 g/mol. The Morgan fingerprint density at radius 3 is 2.48 bits per heavy atom. The van der Waals surface area contributed by atoms with E-state index in [0.717, 1.165) is 5.56 Å². The Morgan fingerprint density at radius 1 is 1.14 bits per heavy atom. The molecule has 108 valence electrons. The second kappa shape index (κ2) is 5.97. The number of aryl methyl sites for hydroxylation is 1. The van der Waals surface area contributed by atoms with Crippen LogP contribution in [0, 0.1) is 6.92 Å². The van der Waals surface area contributed by atoms with Gasteiger partial charge in [0.15, 0.2) is 0 Å². The molecule has 0 aliphatic rings. The Bertz CT molecular complexity index is 729.